The number of rotatable bonds is 4. The molecule has 0 spiro atoms. The largest absolute Gasteiger partial charge is 0.480 e. The Balaban J connectivity index is 2.73. The van der Waals surface area contributed by atoms with Crippen molar-refractivity contribution in [3.8, 4) is 0 Å². The van der Waals surface area contributed by atoms with Crippen molar-refractivity contribution in [3.63, 3.8) is 0 Å². The van der Waals surface area contributed by atoms with Crippen LogP contribution < -0.4 is 11.1 Å². The Bertz CT molecular complexity index is 220. The van der Waals surface area contributed by atoms with Crippen LogP contribution in [0.2, 0.25) is 0 Å². The molecule has 4 heteroatoms. The molecule has 1 heterocycles. The zero-order valence-corrected chi connectivity index (χ0v) is 8.92. The summed E-state index contributed by atoms with van der Waals surface area (Å²) in [5, 5.41) is 12.0. The molecule has 3 atom stereocenters. The van der Waals surface area contributed by atoms with Gasteiger partial charge in [-0.15, -0.1) is 0 Å². The minimum Gasteiger partial charge on any atom is -0.480 e. The van der Waals surface area contributed by atoms with E-state index in [1.165, 1.54) is 0 Å². The van der Waals surface area contributed by atoms with E-state index in [4.69, 9.17) is 10.8 Å². The van der Waals surface area contributed by atoms with Gasteiger partial charge in [-0.1, -0.05) is 26.7 Å². The summed E-state index contributed by atoms with van der Waals surface area (Å²) >= 11 is 0. The van der Waals surface area contributed by atoms with Crippen LogP contribution in [0.15, 0.2) is 0 Å². The summed E-state index contributed by atoms with van der Waals surface area (Å²) in [4.78, 5) is 11.0. The zero-order valence-electron chi connectivity index (χ0n) is 8.92. The lowest BCUT2D eigenvalue weighted by Crippen LogP contribution is -2.46. The summed E-state index contributed by atoms with van der Waals surface area (Å²) in [6, 6.07) is -0.529. The predicted molar refractivity (Wildman–Crippen MR) is 55.0 cm³/mol. The lowest BCUT2D eigenvalue weighted by atomic mass is 9.75. The van der Waals surface area contributed by atoms with Crippen molar-refractivity contribution in [2.45, 2.75) is 45.2 Å². The minimum absolute atomic E-state index is 0.0462. The number of carboxylic acid groups (broad SMARTS) is 1. The molecular formula is C10H20N2O2. The SMILES string of the molecule is CCCCC1(C)C(N)CNC1C(=O)O. The molecule has 4 N–H and O–H groups in total. The monoisotopic (exact) mass is 200 g/mol. The Kier molecular flexibility index (Phi) is 3.50. The minimum atomic E-state index is -0.781. The highest BCUT2D eigenvalue weighted by Crippen LogP contribution is 2.35. The highest BCUT2D eigenvalue weighted by Gasteiger charge is 2.47. The quantitative estimate of drug-likeness (QED) is 0.620. The van der Waals surface area contributed by atoms with E-state index < -0.39 is 12.0 Å². The number of hydrogen-bond acceptors (Lipinski definition) is 3. The molecule has 0 radical (unpaired) electrons. The predicted octanol–water partition coefficient (Wildman–Crippen LogP) is 0.567. The van der Waals surface area contributed by atoms with Gasteiger partial charge in [-0.25, -0.2) is 0 Å². The van der Waals surface area contributed by atoms with Crippen LogP contribution in [0.1, 0.15) is 33.1 Å². The van der Waals surface area contributed by atoms with E-state index in [-0.39, 0.29) is 11.5 Å². The second-order valence-corrected chi connectivity index (χ2v) is 4.40. The molecule has 0 aromatic heterocycles. The Labute approximate surface area is 84.9 Å². The number of carbonyl (C=O) groups is 1. The van der Waals surface area contributed by atoms with Gasteiger partial charge < -0.3 is 16.2 Å². The molecule has 1 aliphatic heterocycles. The van der Waals surface area contributed by atoms with Crippen LogP contribution in [0.25, 0.3) is 0 Å². The topological polar surface area (TPSA) is 75.3 Å². The van der Waals surface area contributed by atoms with Crippen LogP contribution >= 0.6 is 0 Å². The maximum absolute atomic E-state index is 11.0. The number of hydrogen-bond donors (Lipinski definition) is 3. The summed E-state index contributed by atoms with van der Waals surface area (Å²) in [5.74, 6) is -0.781. The fraction of sp³-hybridized carbons (Fsp3) is 0.900. The van der Waals surface area contributed by atoms with Crippen molar-refractivity contribution >= 4 is 5.97 Å². The fourth-order valence-corrected chi connectivity index (χ4v) is 2.18. The van der Waals surface area contributed by atoms with Gasteiger partial charge in [0.1, 0.15) is 6.04 Å². The Morgan fingerprint density at radius 3 is 2.86 bits per heavy atom. The Morgan fingerprint density at radius 2 is 2.36 bits per heavy atom. The van der Waals surface area contributed by atoms with E-state index in [1.807, 2.05) is 6.92 Å². The first-order chi connectivity index (χ1) is 6.52. The highest BCUT2D eigenvalue weighted by molar-refractivity contribution is 5.75. The maximum atomic E-state index is 11.0. The molecule has 1 fully saturated rings. The summed E-state index contributed by atoms with van der Waals surface area (Å²) in [5.41, 5.74) is 5.67. The molecular weight excluding hydrogens is 180 g/mol. The first-order valence-electron chi connectivity index (χ1n) is 5.24. The molecule has 1 aliphatic rings. The third kappa shape index (κ3) is 1.91. The molecule has 14 heavy (non-hydrogen) atoms. The molecule has 0 bridgehead atoms. The second kappa shape index (κ2) is 4.28. The van der Waals surface area contributed by atoms with Gasteiger partial charge in [0, 0.05) is 18.0 Å². The molecule has 1 saturated heterocycles. The van der Waals surface area contributed by atoms with Crippen molar-refractivity contribution in [2.75, 3.05) is 6.54 Å². The third-order valence-electron chi connectivity index (χ3n) is 3.36. The van der Waals surface area contributed by atoms with Gasteiger partial charge in [-0.05, 0) is 6.42 Å². The zero-order chi connectivity index (χ0) is 10.8. The molecule has 0 aromatic carbocycles. The van der Waals surface area contributed by atoms with Crippen molar-refractivity contribution < 1.29 is 9.90 Å². The van der Waals surface area contributed by atoms with Crippen molar-refractivity contribution in [1.82, 2.24) is 5.32 Å². The number of aliphatic carboxylic acids is 1. The van der Waals surface area contributed by atoms with Gasteiger partial charge in [0.25, 0.3) is 0 Å². The summed E-state index contributed by atoms with van der Waals surface area (Å²) in [7, 11) is 0. The van der Waals surface area contributed by atoms with E-state index >= 15 is 0 Å². The van der Waals surface area contributed by atoms with Gasteiger partial charge in [0.2, 0.25) is 0 Å². The number of carboxylic acids is 1. The summed E-state index contributed by atoms with van der Waals surface area (Å²) < 4.78 is 0. The van der Waals surface area contributed by atoms with Gasteiger partial charge in [-0.2, -0.15) is 0 Å². The van der Waals surface area contributed by atoms with E-state index in [0.717, 1.165) is 19.3 Å². The van der Waals surface area contributed by atoms with Crippen molar-refractivity contribution in [1.29, 1.82) is 0 Å². The van der Waals surface area contributed by atoms with Gasteiger partial charge in [0.15, 0.2) is 0 Å². The van der Waals surface area contributed by atoms with Crippen LogP contribution in [-0.4, -0.2) is 29.7 Å². The van der Waals surface area contributed by atoms with Crippen LogP contribution in [0.3, 0.4) is 0 Å². The van der Waals surface area contributed by atoms with Crippen LogP contribution in [0.4, 0.5) is 0 Å². The number of unbranched alkanes of at least 4 members (excludes halogenated alkanes) is 1. The number of nitrogens with two attached hydrogens (primary N) is 1. The lowest BCUT2D eigenvalue weighted by Gasteiger charge is -2.32. The Hall–Kier alpha value is -0.610. The molecule has 3 unspecified atom stereocenters. The number of nitrogens with one attached hydrogen (secondary N) is 1. The Morgan fingerprint density at radius 1 is 1.71 bits per heavy atom. The van der Waals surface area contributed by atoms with E-state index in [2.05, 4.69) is 12.2 Å². The smallest absolute Gasteiger partial charge is 0.321 e. The summed E-state index contributed by atoms with van der Waals surface area (Å²) in [6.07, 6.45) is 3.00. The first kappa shape index (κ1) is 11.5. The standard InChI is InChI=1S/C10H20N2O2/c1-3-4-5-10(2)7(11)6-12-8(10)9(13)14/h7-8,12H,3-6,11H2,1-2H3,(H,13,14). The molecule has 1 rings (SSSR count). The average Bonchev–Trinajstić information content (AvgIpc) is 2.41. The first-order valence-corrected chi connectivity index (χ1v) is 5.24. The molecule has 0 aromatic rings. The summed E-state index contributed by atoms with van der Waals surface area (Å²) in [6.45, 7) is 4.69. The van der Waals surface area contributed by atoms with Gasteiger partial charge in [0.05, 0.1) is 0 Å². The van der Waals surface area contributed by atoms with Crippen LogP contribution in [0.5, 0.6) is 0 Å². The third-order valence-corrected chi connectivity index (χ3v) is 3.36. The molecule has 0 saturated carbocycles. The maximum Gasteiger partial charge on any atom is 0.321 e. The lowest BCUT2D eigenvalue weighted by molar-refractivity contribution is -0.142. The van der Waals surface area contributed by atoms with Gasteiger partial charge in [-0.3, -0.25) is 4.79 Å². The van der Waals surface area contributed by atoms with E-state index in [0.29, 0.717) is 6.54 Å². The molecule has 4 nitrogen and oxygen atoms in total. The van der Waals surface area contributed by atoms with Gasteiger partial charge >= 0.3 is 5.97 Å². The average molecular weight is 200 g/mol. The molecule has 0 aliphatic carbocycles. The van der Waals surface area contributed by atoms with E-state index in [9.17, 15) is 4.79 Å². The van der Waals surface area contributed by atoms with Crippen molar-refractivity contribution in [3.05, 3.63) is 0 Å². The van der Waals surface area contributed by atoms with Crippen molar-refractivity contribution in [2.24, 2.45) is 11.1 Å². The highest BCUT2D eigenvalue weighted by atomic mass is 16.4. The van der Waals surface area contributed by atoms with E-state index in [1.54, 1.807) is 0 Å². The second-order valence-electron chi connectivity index (χ2n) is 4.40. The van der Waals surface area contributed by atoms with Crippen LogP contribution in [-0.2, 0) is 4.79 Å². The molecule has 82 valence electrons. The molecule has 0 amide bonds. The normalized spacial score (nSPS) is 37.4. The van der Waals surface area contributed by atoms with Crippen LogP contribution in [0, 0.1) is 5.41 Å². The fourth-order valence-electron chi connectivity index (χ4n) is 2.18.